The minimum absolute atomic E-state index is 0.0644. The first-order valence-corrected chi connectivity index (χ1v) is 13.9. The van der Waals surface area contributed by atoms with E-state index in [0.29, 0.717) is 23.8 Å². The first-order chi connectivity index (χ1) is 18.9. The van der Waals surface area contributed by atoms with Crippen molar-refractivity contribution in [2.75, 3.05) is 32.4 Å². The van der Waals surface area contributed by atoms with Crippen molar-refractivity contribution in [3.63, 3.8) is 0 Å². The molecule has 2 aromatic heterocycles. The molecular formula is C24H29F5N8O2S. The molecule has 0 saturated carbocycles. The molecule has 1 unspecified atom stereocenters. The van der Waals surface area contributed by atoms with Crippen LogP contribution in [0.15, 0.2) is 42.5 Å². The van der Waals surface area contributed by atoms with Gasteiger partial charge in [-0.1, -0.05) is 6.07 Å². The smallest absolute Gasteiger partial charge is 0.408 e. The SMILES string of the molecule is C[S+]([O-])N1CCC(N2CC(N/C=C(/NC(=O)c3cccc(-c4cnn(CC(F)(F)F)c4)n3)C(=N)C(F)F)C2)CC1. The lowest BCUT2D eigenvalue weighted by molar-refractivity contribution is -0.142. The van der Waals surface area contributed by atoms with E-state index >= 15 is 0 Å². The molecule has 2 aliphatic heterocycles. The molecule has 2 saturated heterocycles. The first kappa shape index (κ1) is 29.9. The summed E-state index contributed by atoms with van der Waals surface area (Å²) in [7, 11) is 0. The summed E-state index contributed by atoms with van der Waals surface area (Å²) in [5.41, 5.74) is -1.27. The van der Waals surface area contributed by atoms with Gasteiger partial charge < -0.3 is 15.2 Å². The number of pyridine rings is 1. The Morgan fingerprint density at radius 2 is 1.98 bits per heavy atom. The Bertz CT molecular complexity index is 1220. The number of nitrogens with one attached hydrogen (secondary N) is 3. The molecule has 4 heterocycles. The lowest BCUT2D eigenvalue weighted by Gasteiger charge is -2.46. The zero-order chi connectivity index (χ0) is 29.0. The van der Waals surface area contributed by atoms with Crippen LogP contribution in [0.5, 0.6) is 0 Å². The van der Waals surface area contributed by atoms with E-state index in [4.69, 9.17) is 5.41 Å². The summed E-state index contributed by atoms with van der Waals surface area (Å²) in [6.45, 7) is 1.52. The van der Waals surface area contributed by atoms with Crippen molar-refractivity contribution < 1.29 is 31.3 Å². The number of rotatable bonds is 10. The average Bonchev–Trinajstić information content (AvgIpc) is 3.33. The summed E-state index contributed by atoms with van der Waals surface area (Å²) in [5, 5.41) is 16.7. The van der Waals surface area contributed by atoms with Gasteiger partial charge in [0.15, 0.2) is 0 Å². The van der Waals surface area contributed by atoms with Crippen molar-refractivity contribution >= 4 is 23.0 Å². The number of allylic oxidation sites excluding steroid dienone is 1. The number of carbonyl (C=O) groups is 1. The molecule has 2 aliphatic rings. The third-order valence-corrected chi connectivity index (χ3v) is 7.78. The third kappa shape index (κ3) is 7.77. The van der Waals surface area contributed by atoms with Gasteiger partial charge in [0.25, 0.3) is 12.3 Å². The van der Waals surface area contributed by atoms with Gasteiger partial charge in [-0.05, 0) is 25.0 Å². The Hall–Kier alpha value is -3.08. The molecule has 40 heavy (non-hydrogen) atoms. The molecule has 1 atom stereocenters. The van der Waals surface area contributed by atoms with Crippen LogP contribution in [0, 0.1) is 5.41 Å². The zero-order valence-electron chi connectivity index (χ0n) is 21.5. The van der Waals surface area contributed by atoms with E-state index in [1.165, 1.54) is 30.6 Å². The van der Waals surface area contributed by atoms with E-state index in [1.807, 2.05) is 4.31 Å². The number of piperidine rings is 1. The Morgan fingerprint density at radius 3 is 2.60 bits per heavy atom. The van der Waals surface area contributed by atoms with Crippen LogP contribution in [-0.2, 0) is 17.9 Å². The number of hydrogen-bond donors (Lipinski definition) is 3. The van der Waals surface area contributed by atoms with Crippen LogP contribution in [0.25, 0.3) is 11.3 Å². The summed E-state index contributed by atoms with van der Waals surface area (Å²) >= 11 is -0.987. The Labute approximate surface area is 230 Å². The van der Waals surface area contributed by atoms with Gasteiger partial charge in [-0.25, -0.2) is 13.8 Å². The highest BCUT2D eigenvalue weighted by molar-refractivity contribution is 7.88. The molecule has 16 heteroatoms. The van der Waals surface area contributed by atoms with Crippen LogP contribution >= 0.6 is 0 Å². The Balaban J connectivity index is 1.36. The molecule has 0 spiro atoms. The first-order valence-electron chi connectivity index (χ1n) is 12.4. The number of hydrogen-bond acceptors (Lipinski definition) is 8. The molecule has 3 N–H and O–H groups in total. The molecule has 0 radical (unpaired) electrons. The molecule has 0 aromatic carbocycles. The van der Waals surface area contributed by atoms with Gasteiger partial charge in [0.05, 0.1) is 23.6 Å². The molecule has 1 amide bonds. The highest BCUT2D eigenvalue weighted by Crippen LogP contribution is 2.24. The van der Waals surface area contributed by atoms with Crippen LogP contribution in [0.1, 0.15) is 23.3 Å². The van der Waals surface area contributed by atoms with Crippen molar-refractivity contribution in [2.24, 2.45) is 0 Å². The van der Waals surface area contributed by atoms with Crippen LogP contribution in [0.2, 0.25) is 0 Å². The number of alkyl halides is 5. The van der Waals surface area contributed by atoms with Crippen molar-refractivity contribution in [3.05, 3.63) is 48.2 Å². The highest BCUT2D eigenvalue weighted by atomic mass is 32.2. The second-order valence-corrected chi connectivity index (χ2v) is 10.9. The zero-order valence-corrected chi connectivity index (χ0v) is 22.3. The molecule has 2 fully saturated rings. The van der Waals surface area contributed by atoms with E-state index < -0.39 is 47.8 Å². The van der Waals surface area contributed by atoms with Gasteiger partial charge >= 0.3 is 6.18 Å². The molecule has 4 rings (SSSR count). The molecule has 0 bridgehead atoms. The molecular weight excluding hydrogens is 559 g/mol. The maximum atomic E-state index is 13.4. The quantitative estimate of drug-likeness (QED) is 0.221. The fourth-order valence-corrected chi connectivity index (χ4v) is 5.28. The predicted molar refractivity (Wildman–Crippen MR) is 138 cm³/mol. The van der Waals surface area contributed by atoms with Crippen molar-refractivity contribution in [3.8, 4) is 11.3 Å². The number of amides is 1. The molecule has 10 nitrogen and oxygen atoms in total. The number of aromatic nitrogens is 3. The largest absolute Gasteiger partial charge is 0.598 e. The van der Waals surface area contributed by atoms with Crippen LogP contribution in [-0.4, -0.2) is 97.3 Å². The maximum absolute atomic E-state index is 13.4. The second kappa shape index (κ2) is 12.6. The van der Waals surface area contributed by atoms with Gasteiger partial charge in [0, 0.05) is 61.5 Å². The van der Waals surface area contributed by atoms with Crippen LogP contribution in [0.3, 0.4) is 0 Å². The minimum Gasteiger partial charge on any atom is -0.598 e. The number of nitrogens with zero attached hydrogens (tertiary/aromatic N) is 5. The van der Waals surface area contributed by atoms with Crippen molar-refractivity contribution in [2.45, 2.75) is 44.1 Å². The summed E-state index contributed by atoms with van der Waals surface area (Å²) in [4.78, 5) is 19.2. The summed E-state index contributed by atoms with van der Waals surface area (Å²) in [6, 6.07) is 4.52. The fourth-order valence-electron chi connectivity index (χ4n) is 4.55. The number of carbonyl (C=O) groups excluding carboxylic acids is 1. The maximum Gasteiger partial charge on any atom is 0.408 e. The van der Waals surface area contributed by atoms with Gasteiger partial charge in [0.2, 0.25) is 0 Å². The average molecular weight is 589 g/mol. The molecule has 218 valence electrons. The second-order valence-electron chi connectivity index (χ2n) is 9.58. The minimum atomic E-state index is -4.46. The predicted octanol–water partition coefficient (Wildman–Crippen LogP) is 2.40. The van der Waals surface area contributed by atoms with E-state index in [-0.39, 0.29) is 23.0 Å². The van der Waals surface area contributed by atoms with Crippen molar-refractivity contribution in [1.82, 2.24) is 34.6 Å². The van der Waals surface area contributed by atoms with Gasteiger partial charge in [-0.2, -0.15) is 18.3 Å². The van der Waals surface area contributed by atoms with E-state index in [2.05, 4.69) is 25.6 Å². The van der Waals surface area contributed by atoms with E-state index in [9.17, 15) is 31.3 Å². The number of likely N-dealkylation sites (tertiary alicyclic amines) is 1. The van der Waals surface area contributed by atoms with Crippen molar-refractivity contribution in [1.29, 1.82) is 5.41 Å². The molecule has 0 aliphatic carbocycles. The normalized spacial score (nSPS) is 18.9. The lowest BCUT2D eigenvalue weighted by atomic mass is 9.98. The monoisotopic (exact) mass is 588 g/mol. The summed E-state index contributed by atoms with van der Waals surface area (Å²) < 4.78 is 78.8. The highest BCUT2D eigenvalue weighted by Gasteiger charge is 2.35. The Morgan fingerprint density at radius 1 is 1.27 bits per heavy atom. The van der Waals surface area contributed by atoms with E-state index in [0.717, 1.165) is 32.1 Å². The fraction of sp³-hybridized carbons (Fsp3) is 0.500. The third-order valence-electron chi connectivity index (χ3n) is 6.69. The van der Waals surface area contributed by atoms with Crippen LogP contribution < -0.4 is 10.6 Å². The summed E-state index contributed by atoms with van der Waals surface area (Å²) in [6.07, 6.45) is -0.682. The van der Waals surface area contributed by atoms with Gasteiger partial charge in [-0.3, -0.25) is 19.8 Å². The van der Waals surface area contributed by atoms with Gasteiger partial charge in [0.1, 0.15) is 24.2 Å². The van der Waals surface area contributed by atoms with E-state index in [1.54, 1.807) is 6.26 Å². The lowest BCUT2D eigenvalue weighted by Crippen LogP contribution is -2.62. The molecule has 2 aromatic rings. The summed E-state index contributed by atoms with van der Waals surface area (Å²) in [5.74, 6) is -0.863. The van der Waals surface area contributed by atoms with Crippen LogP contribution in [0.4, 0.5) is 22.0 Å². The Kier molecular flexibility index (Phi) is 9.43. The standard InChI is InChI=1S/C24H29F5N8O2S/c1-40(39)37-7-5-17(6-8-37)35-12-16(13-35)31-10-20(21(30)22(25)26)34-23(38)19-4-2-3-18(33-19)15-9-32-36(11-15)14-24(27,28)29/h2-4,9-11,16-17,22,30-31H,5-8,12-14H2,1H3,(H,34,38)/b20-10+,30-21?. The number of halogens is 5. The van der Waals surface area contributed by atoms with Gasteiger partial charge in [-0.15, -0.1) is 4.31 Å². The topological polar surface area (TPSA) is 125 Å².